The summed E-state index contributed by atoms with van der Waals surface area (Å²) in [4.78, 5) is 13.9. The molecule has 2 saturated heterocycles. The van der Waals surface area contributed by atoms with E-state index in [1.807, 2.05) is 0 Å². The first kappa shape index (κ1) is 21.0. The van der Waals surface area contributed by atoms with Crippen molar-refractivity contribution in [3.8, 4) is 0 Å². The van der Waals surface area contributed by atoms with Crippen molar-refractivity contribution in [1.82, 2.24) is 10.2 Å². The van der Waals surface area contributed by atoms with Crippen LogP contribution in [0.4, 0.5) is 13.2 Å². The predicted octanol–water partition coefficient (Wildman–Crippen LogP) is 3.15. The van der Waals surface area contributed by atoms with Crippen LogP contribution in [0.5, 0.6) is 0 Å². The Morgan fingerprint density at radius 2 is 1.92 bits per heavy atom. The number of hydrogen-bond acceptors (Lipinski definition) is 3. The molecule has 0 aliphatic carbocycles. The topological polar surface area (TPSA) is 52.6 Å². The third-order valence-corrected chi connectivity index (χ3v) is 5.40. The molecule has 3 rings (SSSR count). The lowest BCUT2D eigenvalue weighted by atomic mass is 9.72. The zero-order chi connectivity index (χ0) is 18.1. The molecule has 0 bridgehead atoms. The highest BCUT2D eigenvalue weighted by Gasteiger charge is 2.40. The van der Waals surface area contributed by atoms with Crippen LogP contribution >= 0.6 is 12.4 Å². The van der Waals surface area contributed by atoms with Crippen molar-refractivity contribution in [1.29, 1.82) is 0 Å². The lowest BCUT2D eigenvalue weighted by Gasteiger charge is -2.45. The third kappa shape index (κ3) is 4.69. The van der Waals surface area contributed by atoms with E-state index < -0.39 is 17.8 Å². The number of rotatable bonds is 3. The van der Waals surface area contributed by atoms with Crippen LogP contribution in [0.2, 0.25) is 0 Å². The number of halogens is 4. The van der Waals surface area contributed by atoms with Gasteiger partial charge in [-0.15, -0.1) is 12.4 Å². The summed E-state index contributed by atoms with van der Waals surface area (Å²) in [7, 11) is 0. The van der Waals surface area contributed by atoms with Gasteiger partial charge in [-0.05, 0) is 55.5 Å². The van der Waals surface area contributed by atoms with E-state index in [0.717, 1.165) is 44.5 Å². The number of amides is 1. The fourth-order valence-electron chi connectivity index (χ4n) is 3.87. The zero-order valence-electron chi connectivity index (χ0n) is 14.4. The second-order valence-corrected chi connectivity index (χ2v) is 7.16. The van der Waals surface area contributed by atoms with Gasteiger partial charge in [0.2, 0.25) is 5.91 Å². The number of alkyl halides is 3. The Balaban J connectivity index is 0.00000243. The van der Waals surface area contributed by atoms with Crippen molar-refractivity contribution >= 4 is 18.3 Å². The molecule has 1 aromatic carbocycles. The summed E-state index contributed by atoms with van der Waals surface area (Å²) in [5, 5.41) is 13.7. The van der Waals surface area contributed by atoms with Crippen LogP contribution in [0.3, 0.4) is 0 Å². The summed E-state index contributed by atoms with van der Waals surface area (Å²) >= 11 is 0. The van der Waals surface area contributed by atoms with Crippen LogP contribution in [0.25, 0.3) is 0 Å². The smallest absolute Gasteiger partial charge is 0.387 e. The van der Waals surface area contributed by atoms with Crippen LogP contribution in [-0.4, -0.2) is 42.1 Å². The molecule has 4 nitrogen and oxygen atoms in total. The van der Waals surface area contributed by atoms with E-state index in [9.17, 15) is 23.1 Å². The fraction of sp³-hybridized carbons (Fsp3) is 0.611. The number of aliphatic hydroxyl groups excluding tert-OH is 1. The average molecular weight is 393 g/mol. The van der Waals surface area contributed by atoms with Gasteiger partial charge in [0.05, 0.1) is 18.2 Å². The SMILES string of the molecule is Cl.O=C1CCC2(CCNCC2)CN1CC(O)c1cccc(C(F)(F)F)c1. The normalized spacial score (nSPS) is 21.4. The minimum absolute atomic E-state index is 0. The van der Waals surface area contributed by atoms with Gasteiger partial charge in [0.15, 0.2) is 0 Å². The summed E-state index contributed by atoms with van der Waals surface area (Å²) in [5.41, 5.74) is -0.524. The summed E-state index contributed by atoms with van der Waals surface area (Å²) in [6.07, 6.45) is -2.31. The molecule has 2 aliphatic rings. The van der Waals surface area contributed by atoms with E-state index in [0.29, 0.717) is 13.0 Å². The van der Waals surface area contributed by atoms with Crippen LogP contribution in [0.15, 0.2) is 24.3 Å². The van der Waals surface area contributed by atoms with Crippen LogP contribution in [-0.2, 0) is 11.0 Å². The number of β-amino-alcohol motifs (C(OH)–C–C–N with tert-alkyl or cyclic N) is 1. The van der Waals surface area contributed by atoms with E-state index in [-0.39, 0.29) is 35.8 Å². The third-order valence-electron chi connectivity index (χ3n) is 5.40. The minimum atomic E-state index is -4.45. The molecular formula is C18H24ClF3N2O2. The van der Waals surface area contributed by atoms with Gasteiger partial charge in [-0.25, -0.2) is 0 Å². The van der Waals surface area contributed by atoms with E-state index in [2.05, 4.69) is 5.32 Å². The molecular weight excluding hydrogens is 369 g/mol. The molecule has 0 saturated carbocycles. The van der Waals surface area contributed by atoms with Crippen LogP contribution in [0.1, 0.15) is 42.9 Å². The summed E-state index contributed by atoms with van der Waals surface area (Å²) in [5.74, 6) is -0.0322. The first-order chi connectivity index (χ1) is 11.8. The van der Waals surface area contributed by atoms with Gasteiger partial charge in [-0.3, -0.25) is 4.79 Å². The van der Waals surface area contributed by atoms with E-state index >= 15 is 0 Å². The number of hydrogen-bond donors (Lipinski definition) is 2. The van der Waals surface area contributed by atoms with Crippen LogP contribution in [0, 0.1) is 5.41 Å². The maximum absolute atomic E-state index is 12.8. The number of nitrogens with one attached hydrogen (secondary N) is 1. The molecule has 2 aliphatic heterocycles. The first-order valence-corrected chi connectivity index (χ1v) is 8.63. The summed E-state index contributed by atoms with van der Waals surface area (Å²) < 4.78 is 38.5. The van der Waals surface area contributed by atoms with Gasteiger partial charge in [-0.2, -0.15) is 13.2 Å². The zero-order valence-corrected chi connectivity index (χ0v) is 15.2. The average Bonchev–Trinajstić information content (AvgIpc) is 2.58. The molecule has 1 aromatic rings. The fourth-order valence-corrected chi connectivity index (χ4v) is 3.87. The molecule has 2 N–H and O–H groups in total. The molecule has 1 unspecified atom stereocenters. The molecule has 2 heterocycles. The number of likely N-dealkylation sites (tertiary alicyclic amines) is 1. The van der Waals surface area contributed by atoms with Gasteiger partial charge in [0.1, 0.15) is 0 Å². The molecule has 26 heavy (non-hydrogen) atoms. The number of benzene rings is 1. The molecule has 1 atom stereocenters. The van der Waals surface area contributed by atoms with Crippen molar-refractivity contribution in [2.75, 3.05) is 26.2 Å². The molecule has 146 valence electrons. The van der Waals surface area contributed by atoms with Crippen molar-refractivity contribution < 1.29 is 23.1 Å². The van der Waals surface area contributed by atoms with Crippen molar-refractivity contribution in [3.05, 3.63) is 35.4 Å². The summed E-state index contributed by atoms with van der Waals surface area (Å²) in [6, 6.07) is 4.69. The Bertz CT molecular complexity index is 633. The number of carbonyl (C=O) groups is 1. The number of piperidine rings is 2. The Hall–Kier alpha value is -1.31. The standard InChI is InChI=1S/C18H23F3N2O2.ClH/c19-18(20,21)14-3-1-2-13(10-14)15(24)11-23-12-17(5-4-16(23)25)6-8-22-9-7-17;/h1-3,10,15,22,24H,4-9,11-12H2;1H. The Morgan fingerprint density at radius 1 is 1.23 bits per heavy atom. The molecule has 8 heteroatoms. The second-order valence-electron chi connectivity index (χ2n) is 7.16. The van der Waals surface area contributed by atoms with Gasteiger partial charge in [0, 0.05) is 13.0 Å². The maximum Gasteiger partial charge on any atom is 0.416 e. The quantitative estimate of drug-likeness (QED) is 0.830. The van der Waals surface area contributed by atoms with E-state index in [4.69, 9.17) is 0 Å². The minimum Gasteiger partial charge on any atom is -0.387 e. The van der Waals surface area contributed by atoms with Crippen molar-refractivity contribution in [2.24, 2.45) is 5.41 Å². The Kier molecular flexibility index (Phi) is 6.58. The largest absolute Gasteiger partial charge is 0.416 e. The van der Waals surface area contributed by atoms with Crippen LogP contribution < -0.4 is 5.32 Å². The van der Waals surface area contributed by atoms with Crippen molar-refractivity contribution in [3.63, 3.8) is 0 Å². The highest BCUT2D eigenvalue weighted by molar-refractivity contribution is 5.85. The lowest BCUT2D eigenvalue weighted by Crippen LogP contribution is -2.51. The number of carbonyl (C=O) groups excluding carboxylic acids is 1. The van der Waals surface area contributed by atoms with Crippen molar-refractivity contribution in [2.45, 2.75) is 38.0 Å². The van der Waals surface area contributed by atoms with Gasteiger partial charge in [-0.1, -0.05) is 12.1 Å². The number of aliphatic hydroxyl groups is 1. The molecule has 1 spiro atoms. The van der Waals surface area contributed by atoms with E-state index in [1.54, 1.807) is 4.90 Å². The van der Waals surface area contributed by atoms with Gasteiger partial charge < -0.3 is 15.3 Å². The highest BCUT2D eigenvalue weighted by atomic mass is 35.5. The highest BCUT2D eigenvalue weighted by Crippen LogP contribution is 2.39. The Morgan fingerprint density at radius 3 is 2.58 bits per heavy atom. The maximum atomic E-state index is 12.8. The Labute approximate surface area is 157 Å². The number of nitrogens with zero attached hydrogens (tertiary/aromatic N) is 1. The molecule has 0 aromatic heterocycles. The van der Waals surface area contributed by atoms with E-state index in [1.165, 1.54) is 12.1 Å². The van der Waals surface area contributed by atoms with Gasteiger partial charge >= 0.3 is 6.18 Å². The first-order valence-electron chi connectivity index (χ1n) is 8.63. The molecule has 2 fully saturated rings. The predicted molar refractivity (Wildman–Crippen MR) is 94.0 cm³/mol. The second kappa shape index (κ2) is 8.15. The lowest BCUT2D eigenvalue weighted by molar-refractivity contribution is -0.140. The molecule has 1 amide bonds. The summed E-state index contributed by atoms with van der Waals surface area (Å²) in [6.45, 7) is 2.44. The monoisotopic (exact) mass is 392 g/mol. The van der Waals surface area contributed by atoms with Gasteiger partial charge in [0.25, 0.3) is 0 Å². The molecule has 0 radical (unpaired) electrons.